The van der Waals surface area contributed by atoms with E-state index in [1.165, 1.54) is 29.5 Å². The number of fused-ring (bicyclic) bond motifs is 3. The van der Waals surface area contributed by atoms with Gasteiger partial charge in [-0.1, -0.05) is 30.3 Å². The predicted octanol–water partition coefficient (Wildman–Crippen LogP) is 3.88. The van der Waals surface area contributed by atoms with E-state index in [4.69, 9.17) is 0 Å². The molecule has 1 aromatic heterocycles. The number of nitrogens with zero attached hydrogens (tertiary/aromatic N) is 1. The zero-order valence-electron chi connectivity index (χ0n) is 18.3. The first kappa shape index (κ1) is 20.8. The first-order valence-corrected chi connectivity index (χ1v) is 11.7. The maximum Gasteiger partial charge on any atom is 0.253 e. The van der Waals surface area contributed by atoms with Crippen molar-refractivity contribution in [1.82, 2.24) is 15.2 Å². The summed E-state index contributed by atoms with van der Waals surface area (Å²) in [6, 6.07) is 15.7. The Balaban J connectivity index is 1.16. The minimum absolute atomic E-state index is 0.000996. The fourth-order valence-electron chi connectivity index (χ4n) is 5.04. The van der Waals surface area contributed by atoms with Crippen LogP contribution >= 0.6 is 0 Å². The van der Waals surface area contributed by atoms with E-state index in [0.29, 0.717) is 6.54 Å². The quantitative estimate of drug-likeness (QED) is 0.575. The van der Waals surface area contributed by atoms with Gasteiger partial charge in [-0.25, -0.2) is 0 Å². The van der Waals surface area contributed by atoms with Crippen molar-refractivity contribution in [2.45, 2.75) is 44.6 Å². The molecule has 166 valence electrons. The number of aromatic amines is 1. The third kappa shape index (κ3) is 4.41. The molecule has 3 N–H and O–H groups in total. The summed E-state index contributed by atoms with van der Waals surface area (Å²) in [7, 11) is 0. The van der Waals surface area contributed by atoms with Crippen molar-refractivity contribution in [1.29, 1.82) is 0 Å². The van der Waals surface area contributed by atoms with Gasteiger partial charge in [0.2, 0.25) is 5.91 Å². The first-order valence-electron chi connectivity index (χ1n) is 11.7. The van der Waals surface area contributed by atoms with E-state index in [1.807, 2.05) is 42.5 Å². The van der Waals surface area contributed by atoms with Crippen LogP contribution in [-0.4, -0.2) is 47.4 Å². The Hall–Kier alpha value is -3.12. The summed E-state index contributed by atoms with van der Waals surface area (Å²) in [5.41, 5.74) is 5.23. The standard InChI is InChI=1S/C26H30N4O2/c31-24(27-18-7-2-1-3-8-18)17-30-15-13-19(14-16-30)28-26(32)22-11-6-10-21-20-9-4-5-12-23(20)29-25(21)22/h1-3,6-8,10-11,19,29H,4-5,9,12-17H2,(H,27,31)(H,28,32). The average molecular weight is 431 g/mol. The first-order chi connectivity index (χ1) is 15.7. The van der Waals surface area contributed by atoms with Crippen LogP contribution in [0.2, 0.25) is 0 Å². The van der Waals surface area contributed by atoms with E-state index < -0.39 is 0 Å². The van der Waals surface area contributed by atoms with Crippen molar-refractivity contribution in [3.63, 3.8) is 0 Å². The molecule has 1 aliphatic heterocycles. The van der Waals surface area contributed by atoms with Crippen LogP contribution < -0.4 is 10.6 Å². The topological polar surface area (TPSA) is 77.2 Å². The number of nitrogens with one attached hydrogen (secondary N) is 3. The molecule has 32 heavy (non-hydrogen) atoms. The van der Waals surface area contributed by atoms with Gasteiger partial charge in [0.1, 0.15) is 0 Å². The van der Waals surface area contributed by atoms with E-state index >= 15 is 0 Å². The number of aryl methyl sites for hydroxylation is 2. The molecule has 2 aliphatic rings. The minimum atomic E-state index is -0.00512. The second kappa shape index (κ2) is 9.17. The molecule has 1 fully saturated rings. The third-order valence-corrected chi connectivity index (χ3v) is 6.73. The predicted molar refractivity (Wildman–Crippen MR) is 127 cm³/mol. The van der Waals surface area contributed by atoms with Crippen molar-refractivity contribution in [3.05, 3.63) is 65.4 Å². The number of H-pyrrole nitrogens is 1. The minimum Gasteiger partial charge on any atom is -0.358 e. The summed E-state index contributed by atoms with van der Waals surface area (Å²) in [4.78, 5) is 31.1. The van der Waals surface area contributed by atoms with Crippen LogP contribution in [0.1, 0.15) is 47.3 Å². The van der Waals surface area contributed by atoms with Gasteiger partial charge >= 0.3 is 0 Å². The fourth-order valence-corrected chi connectivity index (χ4v) is 5.04. The average Bonchev–Trinajstić information content (AvgIpc) is 3.20. The number of carbonyl (C=O) groups excluding carboxylic acids is 2. The lowest BCUT2D eigenvalue weighted by atomic mass is 9.95. The number of rotatable bonds is 5. The van der Waals surface area contributed by atoms with Gasteiger partial charge in [-0.2, -0.15) is 0 Å². The summed E-state index contributed by atoms with van der Waals surface area (Å²) in [6.07, 6.45) is 6.29. The molecule has 5 rings (SSSR count). The molecule has 6 heteroatoms. The van der Waals surface area contributed by atoms with Crippen molar-refractivity contribution in [3.8, 4) is 0 Å². The monoisotopic (exact) mass is 430 g/mol. The normalized spacial score (nSPS) is 17.1. The lowest BCUT2D eigenvalue weighted by molar-refractivity contribution is -0.117. The van der Waals surface area contributed by atoms with Gasteiger partial charge in [-0.3, -0.25) is 14.5 Å². The number of amides is 2. The summed E-state index contributed by atoms with van der Waals surface area (Å²) in [5, 5.41) is 7.37. The van der Waals surface area contributed by atoms with Crippen LogP contribution in [-0.2, 0) is 17.6 Å². The highest BCUT2D eigenvalue weighted by Crippen LogP contribution is 2.30. The summed E-state index contributed by atoms with van der Waals surface area (Å²) in [5.74, 6) is -0.00413. The summed E-state index contributed by atoms with van der Waals surface area (Å²) in [6.45, 7) is 1.98. The molecule has 3 aromatic rings. The smallest absolute Gasteiger partial charge is 0.253 e. The van der Waals surface area contributed by atoms with Crippen LogP contribution in [0.4, 0.5) is 5.69 Å². The number of likely N-dealkylation sites (tertiary alicyclic amines) is 1. The Labute approximate surface area is 188 Å². The third-order valence-electron chi connectivity index (χ3n) is 6.73. The van der Waals surface area contributed by atoms with E-state index in [2.05, 4.69) is 26.6 Å². The molecule has 1 aliphatic carbocycles. The number of benzene rings is 2. The van der Waals surface area contributed by atoms with Crippen LogP contribution in [0.15, 0.2) is 48.5 Å². The molecule has 2 aromatic carbocycles. The number of aromatic nitrogens is 1. The van der Waals surface area contributed by atoms with Crippen LogP contribution in [0.5, 0.6) is 0 Å². The van der Waals surface area contributed by atoms with Crippen LogP contribution in [0.25, 0.3) is 10.9 Å². The van der Waals surface area contributed by atoms with Gasteiger partial charge in [0.05, 0.1) is 17.6 Å². The van der Waals surface area contributed by atoms with Gasteiger partial charge in [-0.05, 0) is 62.3 Å². The highest BCUT2D eigenvalue weighted by atomic mass is 16.2. The van der Waals surface area contributed by atoms with Gasteiger partial charge in [0.25, 0.3) is 5.91 Å². The van der Waals surface area contributed by atoms with E-state index in [-0.39, 0.29) is 17.9 Å². The molecular formula is C26H30N4O2. The molecule has 2 heterocycles. The molecule has 0 spiro atoms. The Bertz CT molecular complexity index is 1110. The molecule has 0 radical (unpaired) electrons. The van der Waals surface area contributed by atoms with Crippen molar-refractivity contribution >= 4 is 28.4 Å². The van der Waals surface area contributed by atoms with Gasteiger partial charge in [-0.15, -0.1) is 0 Å². The Kier molecular flexibility index (Phi) is 5.95. The molecule has 0 unspecified atom stereocenters. The summed E-state index contributed by atoms with van der Waals surface area (Å²) < 4.78 is 0. The molecule has 1 saturated heterocycles. The van der Waals surface area contributed by atoms with Crippen molar-refractivity contribution in [2.75, 3.05) is 25.0 Å². The second-order valence-electron chi connectivity index (χ2n) is 8.96. The summed E-state index contributed by atoms with van der Waals surface area (Å²) >= 11 is 0. The maximum absolute atomic E-state index is 13.1. The second-order valence-corrected chi connectivity index (χ2v) is 8.96. The lowest BCUT2D eigenvalue weighted by Crippen LogP contribution is -2.46. The molecule has 6 nitrogen and oxygen atoms in total. The number of hydrogen-bond donors (Lipinski definition) is 3. The Morgan fingerprint density at radius 2 is 1.75 bits per heavy atom. The molecule has 0 saturated carbocycles. The molecule has 2 amide bonds. The Morgan fingerprint density at radius 1 is 0.969 bits per heavy atom. The Morgan fingerprint density at radius 3 is 2.56 bits per heavy atom. The van der Waals surface area contributed by atoms with E-state index in [0.717, 1.165) is 55.5 Å². The molecular weight excluding hydrogens is 400 g/mol. The maximum atomic E-state index is 13.1. The lowest BCUT2D eigenvalue weighted by Gasteiger charge is -2.31. The zero-order chi connectivity index (χ0) is 21.9. The largest absolute Gasteiger partial charge is 0.358 e. The number of carbonyl (C=O) groups is 2. The molecule has 0 atom stereocenters. The zero-order valence-corrected chi connectivity index (χ0v) is 18.3. The van der Waals surface area contributed by atoms with Crippen molar-refractivity contribution < 1.29 is 9.59 Å². The fraction of sp³-hybridized carbons (Fsp3) is 0.385. The van der Waals surface area contributed by atoms with Crippen LogP contribution in [0.3, 0.4) is 0 Å². The van der Waals surface area contributed by atoms with Gasteiger partial charge in [0.15, 0.2) is 0 Å². The van der Waals surface area contributed by atoms with Gasteiger partial charge in [0, 0.05) is 35.9 Å². The number of piperidine rings is 1. The van der Waals surface area contributed by atoms with Gasteiger partial charge < -0.3 is 15.6 Å². The highest BCUT2D eigenvalue weighted by molar-refractivity contribution is 6.07. The molecule has 0 bridgehead atoms. The van der Waals surface area contributed by atoms with E-state index in [9.17, 15) is 9.59 Å². The number of anilines is 1. The van der Waals surface area contributed by atoms with Crippen molar-refractivity contribution in [2.24, 2.45) is 0 Å². The number of hydrogen-bond acceptors (Lipinski definition) is 3. The SMILES string of the molecule is O=C(CN1CCC(NC(=O)c2cccc3c4c([nH]c23)CCCC4)CC1)Nc1ccccc1. The highest BCUT2D eigenvalue weighted by Gasteiger charge is 2.24. The number of para-hydroxylation sites is 2. The van der Waals surface area contributed by atoms with E-state index in [1.54, 1.807) is 0 Å². The van der Waals surface area contributed by atoms with Crippen LogP contribution in [0, 0.1) is 0 Å².